The first-order chi connectivity index (χ1) is 10.0. The molecular formula is C15H18N4OS. The van der Waals surface area contributed by atoms with Crippen LogP contribution in [0.2, 0.25) is 0 Å². The van der Waals surface area contributed by atoms with E-state index < -0.39 is 0 Å². The lowest BCUT2D eigenvalue weighted by Gasteiger charge is -2.03. The molecule has 0 aliphatic rings. The Kier molecular flexibility index (Phi) is 4.78. The van der Waals surface area contributed by atoms with Gasteiger partial charge in [0.1, 0.15) is 0 Å². The van der Waals surface area contributed by atoms with Crippen LogP contribution < -0.4 is 11.1 Å². The number of amides is 1. The second-order valence-electron chi connectivity index (χ2n) is 4.69. The Morgan fingerprint density at radius 2 is 2.29 bits per heavy atom. The molecule has 0 radical (unpaired) electrons. The Bertz CT molecular complexity index is 718. The summed E-state index contributed by atoms with van der Waals surface area (Å²) >= 11 is 1.39. The van der Waals surface area contributed by atoms with E-state index in [0.717, 1.165) is 21.7 Å². The first-order valence-corrected chi connectivity index (χ1v) is 7.39. The zero-order chi connectivity index (χ0) is 15.4. The molecule has 6 heteroatoms. The minimum Gasteiger partial charge on any atom is -0.347 e. The minimum absolute atomic E-state index is 0.0906. The summed E-state index contributed by atoms with van der Waals surface area (Å²) in [7, 11) is 1.88. The quantitative estimate of drug-likeness (QED) is 0.840. The van der Waals surface area contributed by atoms with E-state index in [4.69, 9.17) is 5.73 Å². The van der Waals surface area contributed by atoms with Gasteiger partial charge in [0.15, 0.2) is 0 Å². The second-order valence-corrected chi connectivity index (χ2v) is 5.74. The lowest BCUT2D eigenvalue weighted by molar-refractivity contribution is 0.0955. The van der Waals surface area contributed by atoms with Gasteiger partial charge in [0.2, 0.25) is 0 Å². The van der Waals surface area contributed by atoms with Crippen LogP contribution in [0.3, 0.4) is 0 Å². The van der Waals surface area contributed by atoms with Crippen molar-refractivity contribution in [3.8, 4) is 11.8 Å². The van der Waals surface area contributed by atoms with E-state index in [-0.39, 0.29) is 5.91 Å². The molecule has 0 saturated carbocycles. The van der Waals surface area contributed by atoms with Gasteiger partial charge < -0.3 is 11.1 Å². The summed E-state index contributed by atoms with van der Waals surface area (Å²) in [6, 6.07) is 1.86. The number of nitrogens with zero attached hydrogens (tertiary/aromatic N) is 2. The van der Waals surface area contributed by atoms with Crippen molar-refractivity contribution in [1.29, 1.82) is 0 Å². The van der Waals surface area contributed by atoms with Crippen molar-refractivity contribution in [2.75, 3.05) is 6.54 Å². The molecule has 2 heterocycles. The maximum absolute atomic E-state index is 12.2. The van der Waals surface area contributed by atoms with Crippen molar-refractivity contribution in [2.24, 2.45) is 12.8 Å². The molecule has 2 aromatic rings. The van der Waals surface area contributed by atoms with Gasteiger partial charge in [-0.15, -0.1) is 11.3 Å². The minimum atomic E-state index is -0.0906. The summed E-state index contributed by atoms with van der Waals surface area (Å²) in [4.78, 5) is 13.7. The standard InChI is InChI=1S/C15H18N4OS/c1-10-7-14(21-13(10)5-4-6-16)15(20)17-8-12-9-18-19(3)11(12)2/h7,9H,6,8,16H2,1-3H3,(H,17,20). The molecule has 0 unspecified atom stereocenters. The molecular weight excluding hydrogens is 284 g/mol. The van der Waals surface area contributed by atoms with Crippen LogP contribution in [0.15, 0.2) is 12.3 Å². The number of carbonyl (C=O) groups excluding carboxylic acids is 1. The highest BCUT2D eigenvalue weighted by Gasteiger charge is 2.12. The van der Waals surface area contributed by atoms with E-state index >= 15 is 0 Å². The predicted molar refractivity (Wildman–Crippen MR) is 84.1 cm³/mol. The number of nitrogens with two attached hydrogens (primary N) is 1. The summed E-state index contributed by atoms with van der Waals surface area (Å²) in [6.45, 7) is 4.71. The van der Waals surface area contributed by atoms with Gasteiger partial charge in [-0.05, 0) is 25.5 Å². The molecule has 5 nitrogen and oxygen atoms in total. The smallest absolute Gasteiger partial charge is 0.261 e. The molecule has 3 N–H and O–H groups in total. The van der Waals surface area contributed by atoms with E-state index in [2.05, 4.69) is 22.3 Å². The Balaban J connectivity index is 2.05. The molecule has 0 bridgehead atoms. The summed E-state index contributed by atoms with van der Waals surface area (Å²) in [5.74, 6) is 5.70. The Morgan fingerprint density at radius 3 is 2.90 bits per heavy atom. The molecule has 110 valence electrons. The van der Waals surface area contributed by atoms with Crippen molar-refractivity contribution in [1.82, 2.24) is 15.1 Å². The third kappa shape index (κ3) is 3.51. The van der Waals surface area contributed by atoms with Crippen LogP contribution in [0.4, 0.5) is 0 Å². The molecule has 1 amide bonds. The average Bonchev–Trinajstić information content (AvgIpc) is 2.99. The normalized spacial score (nSPS) is 10.1. The van der Waals surface area contributed by atoms with Gasteiger partial charge in [0, 0.05) is 24.8 Å². The largest absolute Gasteiger partial charge is 0.347 e. The van der Waals surface area contributed by atoms with Gasteiger partial charge in [-0.3, -0.25) is 9.48 Å². The van der Waals surface area contributed by atoms with Gasteiger partial charge in [0.05, 0.1) is 22.5 Å². The van der Waals surface area contributed by atoms with Crippen molar-refractivity contribution in [3.05, 3.63) is 38.8 Å². The van der Waals surface area contributed by atoms with Gasteiger partial charge in [0.25, 0.3) is 5.91 Å². The van der Waals surface area contributed by atoms with Crippen molar-refractivity contribution < 1.29 is 4.79 Å². The number of aromatic nitrogens is 2. The Morgan fingerprint density at radius 1 is 1.52 bits per heavy atom. The molecule has 0 spiro atoms. The summed E-state index contributed by atoms with van der Waals surface area (Å²) in [6.07, 6.45) is 1.77. The molecule has 0 aromatic carbocycles. The van der Waals surface area contributed by atoms with Crippen molar-refractivity contribution in [2.45, 2.75) is 20.4 Å². The zero-order valence-electron chi connectivity index (χ0n) is 12.4. The maximum atomic E-state index is 12.2. The van der Waals surface area contributed by atoms with E-state index in [1.165, 1.54) is 11.3 Å². The second kappa shape index (κ2) is 6.57. The van der Waals surface area contributed by atoms with E-state index in [0.29, 0.717) is 18.0 Å². The number of thiophene rings is 1. The first-order valence-electron chi connectivity index (χ1n) is 6.58. The van der Waals surface area contributed by atoms with E-state index in [1.807, 2.05) is 27.0 Å². The van der Waals surface area contributed by atoms with Crippen LogP contribution in [-0.2, 0) is 13.6 Å². The van der Waals surface area contributed by atoms with Crippen LogP contribution in [0.1, 0.15) is 31.4 Å². The van der Waals surface area contributed by atoms with Gasteiger partial charge in [-0.25, -0.2) is 0 Å². The van der Waals surface area contributed by atoms with E-state index in [9.17, 15) is 4.79 Å². The molecule has 0 atom stereocenters. The van der Waals surface area contributed by atoms with Crippen LogP contribution >= 0.6 is 11.3 Å². The van der Waals surface area contributed by atoms with E-state index in [1.54, 1.807) is 10.9 Å². The first kappa shape index (κ1) is 15.3. The molecule has 0 aliphatic carbocycles. The number of carbonyl (C=O) groups is 1. The van der Waals surface area contributed by atoms with Crippen LogP contribution in [0.25, 0.3) is 0 Å². The number of rotatable bonds is 3. The average molecular weight is 302 g/mol. The number of aryl methyl sites for hydroxylation is 2. The summed E-state index contributed by atoms with van der Waals surface area (Å²) < 4.78 is 1.79. The fourth-order valence-corrected chi connectivity index (χ4v) is 2.79. The molecule has 0 fully saturated rings. The highest BCUT2D eigenvalue weighted by Crippen LogP contribution is 2.21. The van der Waals surface area contributed by atoms with Crippen LogP contribution in [0, 0.1) is 25.7 Å². The fourth-order valence-electron chi connectivity index (χ4n) is 1.83. The Labute approximate surface area is 128 Å². The SMILES string of the molecule is Cc1cc(C(=O)NCc2cnn(C)c2C)sc1C#CCN. The van der Waals surface area contributed by atoms with Gasteiger partial charge >= 0.3 is 0 Å². The molecule has 21 heavy (non-hydrogen) atoms. The Hall–Kier alpha value is -2.10. The third-order valence-electron chi connectivity index (χ3n) is 3.22. The lowest BCUT2D eigenvalue weighted by atomic mass is 10.2. The molecule has 0 saturated heterocycles. The summed E-state index contributed by atoms with van der Waals surface area (Å²) in [5.41, 5.74) is 8.43. The topological polar surface area (TPSA) is 72.9 Å². The predicted octanol–water partition coefficient (Wildman–Crippen LogP) is 1.34. The monoisotopic (exact) mass is 302 g/mol. The maximum Gasteiger partial charge on any atom is 0.261 e. The number of hydrogen-bond acceptors (Lipinski definition) is 4. The molecule has 0 aliphatic heterocycles. The zero-order valence-corrected chi connectivity index (χ0v) is 13.2. The summed E-state index contributed by atoms with van der Waals surface area (Å²) in [5, 5.41) is 7.07. The molecule has 2 rings (SSSR count). The highest BCUT2D eigenvalue weighted by atomic mass is 32.1. The van der Waals surface area contributed by atoms with Crippen molar-refractivity contribution >= 4 is 17.2 Å². The van der Waals surface area contributed by atoms with Gasteiger partial charge in [-0.2, -0.15) is 5.10 Å². The van der Waals surface area contributed by atoms with Crippen molar-refractivity contribution in [3.63, 3.8) is 0 Å². The number of nitrogens with one attached hydrogen (secondary N) is 1. The highest BCUT2D eigenvalue weighted by molar-refractivity contribution is 7.14. The lowest BCUT2D eigenvalue weighted by Crippen LogP contribution is -2.22. The number of hydrogen-bond donors (Lipinski definition) is 2. The third-order valence-corrected chi connectivity index (χ3v) is 4.37. The van der Waals surface area contributed by atoms with Crippen LogP contribution in [-0.4, -0.2) is 22.2 Å². The van der Waals surface area contributed by atoms with Gasteiger partial charge in [-0.1, -0.05) is 11.8 Å². The van der Waals surface area contributed by atoms with Crippen LogP contribution in [0.5, 0.6) is 0 Å². The fraction of sp³-hybridized carbons (Fsp3) is 0.333. The molecule has 2 aromatic heterocycles.